The molecule has 0 spiro atoms. The zero-order valence-corrected chi connectivity index (χ0v) is 12.1. The molecule has 0 bridgehead atoms. The molecule has 1 rings (SSSR count). The van der Waals surface area contributed by atoms with E-state index >= 15 is 0 Å². The van der Waals surface area contributed by atoms with Gasteiger partial charge in [-0.05, 0) is 30.7 Å². The summed E-state index contributed by atoms with van der Waals surface area (Å²) >= 11 is 0. The summed E-state index contributed by atoms with van der Waals surface area (Å²) < 4.78 is 13.8. The number of nitrogens with zero attached hydrogens (tertiary/aromatic N) is 2. The smallest absolute Gasteiger partial charge is 0.127 e. The highest BCUT2D eigenvalue weighted by atomic mass is 19.1. The predicted molar refractivity (Wildman–Crippen MR) is 76.1 cm³/mol. The van der Waals surface area contributed by atoms with Crippen molar-refractivity contribution in [1.29, 1.82) is 5.26 Å². The first kappa shape index (κ1) is 15.7. The third-order valence-electron chi connectivity index (χ3n) is 3.69. The van der Waals surface area contributed by atoms with Gasteiger partial charge in [-0.3, -0.25) is 4.90 Å². The maximum absolute atomic E-state index is 13.8. The van der Waals surface area contributed by atoms with Gasteiger partial charge >= 0.3 is 0 Å². The van der Waals surface area contributed by atoms with Crippen molar-refractivity contribution in [2.75, 3.05) is 13.1 Å². The van der Waals surface area contributed by atoms with Crippen molar-refractivity contribution in [3.05, 3.63) is 35.1 Å². The van der Waals surface area contributed by atoms with Crippen LogP contribution in [0.15, 0.2) is 18.2 Å². The number of hydrogen-bond acceptors (Lipinski definition) is 2. The minimum atomic E-state index is -0.220. The van der Waals surface area contributed by atoms with Crippen molar-refractivity contribution in [3.63, 3.8) is 0 Å². The standard InChI is InChI=1S/C16H23FN2/c1-4-13(5-2)11-19(6-3)12-15-9-14(10-18)7-8-16(15)17/h7-9,13H,4-6,11-12H2,1-3H3. The fraction of sp³-hybridized carbons (Fsp3) is 0.562. The molecule has 0 saturated carbocycles. The molecule has 19 heavy (non-hydrogen) atoms. The second-order valence-electron chi connectivity index (χ2n) is 4.93. The lowest BCUT2D eigenvalue weighted by atomic mass is 10.0. The number of benzene rings is 1. The van der Waals surface area contributed by atoms with E-state index in [0.29, 0.717) is 23.6 Å². The van der Waals surface area contributed by atoms with Crippen molar-refractivity contribution < 1.29 is 4.39 Å². The van der Waals surface area contributed by atoms with Crippen molar-refractivity contribution in [3.8, 4) is 6.07 Å². The van der Waals surface area contributed by atoms with Crippen LogP contribution < -0.4 is 0 Å². The molecule has 0 heterocycles. The highest BCUT2D eigenvalue weighted by molar-refractivity contribution is 5.33. The van der Waals surface area contributed by atoms with Crippen LogP contribution in [0, 0.1) is 23.1 Å². The normalized spacial score (nSPS) is 11.0. The molecule has 0 aliphatic heterocycles. The van der Waals surface area contributed by atoms with Gasteiger partial charge < -0.3 is 0 Å². The molecule has 0 saturated heterocycles. The van der Waals surface area contributed by atoms with E-state index < -0.39 is 0 Å². The Morgan fingerprint density at radius 2 is 1.95 bits per heavy atom. The molecule has 2 nitrogen and oxygen atoms in total. The topological polar surface area (TPSA) is 27.0 Å². The van der Waals surface area contributed by atoms with Crippen molar-refractivity contribution in [1.82, 2.24) is 4.90 Å². The Morgan fingerprint density at radius 1 is 1.26 bits per heavy atom. The molecule has 1 aromatic rings. The third kappa shape index (κ3) is 4.65. The van der Waals surface area contributed by atoms with Crippen molar-refractivity contribution >= 4 is 0 Å². The lowest BCUT2D eigenvalue weighted by Crippen LogP contribution is -2.29. The van der Waals surface area contributed by atoms with Gasteiger partial charge in [-0.15, -0.1) is 0 Å². The number of nitriles is 1. The first-order valence-corrected chi connectivity index (χ1v) is 7.05. The monoisotopic (exact) mass is 262 g/mol. The summed E-state index contributed by atoms with van der Waals surface area (Å²) in [5.74, 6) is 0.434. The number of hydrogen-bond donors (Lipinski definition) is 0. The molecule has 3 heteroatoms. The molecule has 0 aliphatic carbocycles. The third-order valence-corrected chi connectivity index (χ3v) is 3.69. The van der Waals surface area contributed by atoms with E-state index in [1.807, 2.05) is 0 Å². The average molecular weight is 262 g/mol. The summed E-state index contributed by atoms with van der Waals surface area (Å²) in [5, 5.41) is 8.88. The Morgan fingerprint density at radius 3 is 2.47 bits per heavy atom. The SMILES string of the molecule is CCC(CC)CN(CC)Cc1cc(C#N)ccc1F. The largest absolute Gasteiger partial charge is 0.299 e. The Bertz CT molecular complexity index is 433. The van der Waals surface area contributed by atoms with E-state index in [-0.39, 0.29) is 5.82 Å². The molecule has 0 radical (unpaired) electrons. The molecule has 0 atom stereocenters. The molecule has 0 unspecified atom stereocenters. The Balaban J connectivity index is 2.78. The Kier molecular flexibility index (Phi) is 6.52. The Hall–Kier alpha value is -1.40. The fourth-order valence-corrected chi connectivity index (χ4v) is 2.22. The average Bonchev–Trinajstić information content (AvgIpc) is 2.45. The van der Waals surface area contributed by atoms with E-state index in [4.69, 9.17) is 5.26 Å². The van der Waals surface area contributed by atoms with Crippen LogP contribution in [0.25, 0.3) is 0 Å². The quantitative estimate of drug-likeness (QED) is 0.743. The molecule has 1 aromatic carbocycles. The van der Waals surface area contributed by atoms with Gasteiger partial charge in [0.05, 0.1) is 11.6 Å². The van der Waals surface area contributed by atoms with E-state index in [2.05, 4.69) is 31.7 Å². The van der Waals surface area contributed by atoms with Crippen LogP contribution >= 0.6 is 0 Å². The van der Waals surface area contributed by atoms with Crippen LogP contribution in [0.2, 0.25) is 0 Å². The highest BCUT2D eigenvalue weighted by Gasteiger charge is 2.13. The van der Waals surface area contributed by atoms with Crippen LogP contribution in [-0.2, 0) is 6.54 Å². The molecule has 104 valence electrons. The zero-order chi connectivity index (χ0) is 14.3. The molecule has 0 aliphatic rings. The predicted octanol–water partition coefficient (Wildman–Crippen LogP) is 3.96. The van der Waals surface area contributed by atoms with Crippen LogP contribution in [-0.4, -0.2) is 18.0 Å². The van der Waals surface area contributed by atoms with Crippen LogP contribution in [0.5, 0.6) is 0 Å². The van der Waals surface area contributed by atoms with Gasteiger partial charge in [0.15, 0.2) is 0 Å². The maximum atomic E-state index is 13.8. The highest BCUT2D eigenvalue weighted by Crippen LogP contribution is 2.16. The lowest BCUT2D eigenvalue weighted by molar-refractivity contribution is 0.223. The number of rotatable bonds is 7. The summed E-state index contributed by atoms with van der Waals surface area (Å²) in [4.78, 5) is 2.25. The van der Waals surface area contributed by atoms with Crippen LogP contribution in [0.1, 0.15) is 44.7 Å². The molecular formula is C16H23FN2. The molecular weight excluding hydrogens is 239 g/mol. The maximum Gasteiger partial charge on any atom is 0.127 e. The zero-order valence-electron chi connectivity index (χ0n) is 12.1. The number of halogens is 1. The molecule has 0 aromatic heterocycles. The summed E-state index contributed by atoms with van der Waals surface area (Å²) in [7, 11) is 0. The summed E-state index contributed by atoms with van der Waals surface area (Å²) in [6, 6.07) is 6.63. The Labute approximate surface area is 115 Å². The van der Waals surface area contributed by atoms with E-state index in [9.17, 15) is 4.39 Å². The minimum absolute atomic E-state index is 0.220. The van der Waals surface area contributed by atoms with Crippen molar-refractivity contribution in [2.24, 2.45) is 5.92 Å². The summed E-state index contributed by atoms with van der Waals surface area (Å²) in [6.45, 7) is 8.94. The van der Waals surface area contributed by atoms with Crippen LogP contribution in [0.3, 0.4) is 0 Å². The second kappa shape index (κ2) is 7.91. The van der Waals surface area contributed by atoms with Gasteiger partial charge in [-0.25, -0.2) is 4.39 Å². The first-order valence-electron chi connectivity index (χ1n) is 7.05. The molecule has 0 amide bonds. The van der Waals surface area contributed by atoms with E-state index in [1.54, 1.807) is 6.07 Å². The van der Waals surface area contributed by atoms with E-state index in [1.165, 1.54) is 12.1 Å². The minimum Gasteiger partial charge on any atom is -0.299 e. The van der Waals surface area contributed by atoms with Gasteiger partial charge in [0.25, 0.3) is 0 Å². The summed E-state index contributed by atoms with van der Waals surface area (Å²) in [6.07, 6.45) is 2.29. The molecule has 0 N–H and O–H groups in total. The first-order chi connectivity index (χ1) is 9.14. The van der Waals surface area contributed by atoms with Gasteiger partial charge in [0.2, 0.25) is 0 Å². The van der Waals surface area contributed by atoms with Crippen molar-refractivity contribution in [2.45, 2.75) is 40.2 Å². The van der Waals surface area contributed by atoms with Crippen LogP contribution in [0.4, 0.5) is 4.39 Å². The molecule has 0 fully saturated rings. The summed E-state index contributed by atoms with van der Waals surface area (Å²) in [5.41, 5.74) is 1.14. The van der Waals surface area contributed by atoms with Gasteiger partial charge in [-0.2, -0.15) is 5.26 Å². The van der Waals surface area contributed by atoms with Gasteiger partial charge in [-0.1, -0.05) is 33.6 Å². The van der Waals surface area contributed by atoms with E-state index in [0.717, 1.165) is 25.9 Å². The fourth-order valence-electron chi connectivity index (χ4n) is 2.22. The van der Waals surface area contributed by atoms with Gasteiger partial charge in [0.1, 0.15) is 5.82 Å². The lowest BCUT2D eigenvalue weighted by Gasteiger charge is -2.25. The van der Waals surface area contributed by atoms with Gasteiger partial charge in [0, 0.05) is 18.7 Å². The second-order valence-corrected chi connectivity index (χ2v) is 4.93.